The van der Waals surface area contributed by atoms with E-state index < -0.39 is 9.05 Å². The summed E-state index contributed by atoms with van der Waals surface area (Å²) in [5.41, 5.74) is 1.17. The molecule has 0 atom stereocenters. The van der Waals surface area contributed by atoms with Crippen molar-refractivity contribution in [3.8, 4) is 5.69 Å². The van der Waals surface area contributed by atoms with Crippen LogP contribution in [0.15, 0.2) is 36.7 Å². The van der Waals surface area contributed by atoms with Crippen molar-refractivity contribution in [1.82, 2.24) is 15.0 Å². The van der Waals surface area contributed by atoms with Gasteiger partial charge in [-0.25, -0.2) is 8.42 Å². The lowest BCUT2D eigenvalue weighted by molar-refractivity contribution is 0.608. The van der Waals surface area contributed by atoms with Crippen LogP contribution in [0.3, 0.4) is 0 Å². The quantitative estimate of drug-likeness (QED) is 0.779. The van der Waals surface area contributed by atoms with Crippen LogP contribution in [0, 0.1) is 0 Å². The molecule has 0 radical (unpaired) electrons. The average molecular weight is 258 g/mol. The predicted molar refractivity (Wildman–Crippen MR) is 59.8 cm³/mol. The number of nitrogens with zero attached hydrogens (tertiary/aromatic N) is 3. The molecular formula is C9H8ClN3O2S. The molecule has 2 aromatic rings. The van der Waals surface area contributed by atoms with Gasteiger partial charge in [0.1, 0.15) is 0 Å². The van der Waals surface area contributed by atoms with E-state index >= 15 is 0 Å². The van der Waals surface area contributed by atoms with Crippen LogP contribution in [-0.4, -0.2) is 23.4 Å². The van der Waals surface area contributed by atoms with Crippen molar-refractivity contribution in [2.24, 2.45) is 0 Å². The highest BCUT2D eigenvalue weighted by Crippen LogP contribution is 2.17. The monoisotopic (exact) mass is 257 g/mol. The molecule has 16 heavy (non-hydrogen) atoms. The molecule has 0 amide bonds. The highest BCUT2D eigenvalue weighted by molar-refractivity contribution is 8.13. The van der Waals surface area contributed by atoms with Crippen LogP contribution in [0.5, 0.6) is 0 Å². The zero-order chi connectivity index (χ0) is 11.6. The summed E-state index contributed by atoms with van der Waals surface area (Å²) in [6.07, 6.45) is 3.04. The zero-order valence-electron chi connectivity index (χ0n) is 8.12. The Labute approximate surface area is 97.1 Å². The van der Waals surface area contributed by atoms with Crippen LogP contribution in [0.25, 0.3) is 5.69 Å². The van der Waals surface area contributed by atoms with E-state index in [0.29, 0.717) is 11.3 Å². The predicted octanol–water partition coefficient (Wildman–Crippen LogP) is 1.34. The lowest BCUT2D eigenvalue weighted by Crippen LogP contribution is -2.05. The van der Waals surface area contributed by atoms with Gasteiger partial charge < -0.3 is 0 Å². The average Bonchev–Trinajstić information content (AvgIpc) is 2.69. The molecule has 1 heterocycles. The second-order valence-electron chi connectivity index (χ2n) is 3.13. The van der Waals surface area contributed by atoms with Crippen molar-refractivity contribution in [3.63, 3.8) is 0 Å². The fourth-order valence-electron chi connectivity index (χ4n) is 1.35. The first-order chi connectivity index (χ1) is 7.56. The van der Waals surface area contributed by atoms with Gasteiger partial charge in [0.25, 0.3) is 0 Å². The van der Waals surface area contributed by atoms with E-state index in [4.69, 9.17) is 10.7 Å². The molecule has 0 fully saturated rings. The van der Waals surface area contributed by atoms with Gasteiger partial charge in [0.2, 0.25) is 9.05 Å². The van der Waals surface area contributed by atoms with E-state index in [1.54, 1.807) is 24.3 Å². The molecule has 0 saturated carbocycles. The smallest absolute Gasteiger partial charge is 0.212 e. The van der Waals surface area contributed by atoms with E-state index in [2.05, 4.69) is 10.2 Å². The molecule has 7 heteroatoms. The molecule has 0 aliphatic carbocycles. The molecule has 0 spiro atoms. The number of hydrogen-bond donors (Lipinski definition) is 0. The Kier molecular flexibility index (Phi) is 2.93. The highest BCUT2D eigenvalue weighted by Gasteiger charge is 2.12. The molecule has 1 aromatic heterocycles. The minimum Gasteiger partial charge on any atom is -0.212 e. The molecule has 2 rings (SSSR count). The van der Waals surface area contributed by atoms with E-state index in [1.807, 2.05) is 0 Å². The van der Waals surface area contributed by atoms with Crippen molar-refractivity contribution in [2.75, 3.05) is 0 Å². The Balaban J connectivity index is 2.47. The van der Waals surface area contributed by atoms with Gasteiger partial charge in [0.05, 0.1) is 23.8 Å². The van der Waals surface area contributed by atoms with Gasteiger partial charge in [-0.2, -0.15) is 15.0 Å². The summed E-state index contributed by atoms with van der Waals surface area (Å²) < 4.78 is 22.1. The molecule has 0 aliphatic heterocycles. The van der Waals surface area contributed by atoms with Gasteiger partial charge in [0.15, 0.2) is 0 Å². The van der Waals surface area contributed by atoms with E-state index in [9.17, 15) is 8.42 Å². The molecule has 0 N–H and O–H groups in total. The molecular weight excluding hydrogens is 250 g/mol. The second-order valence-corrected chi connectivity index (χ2v) is 5.91. The van der Waals surface area contributed by atoms with Crippen molar-refractivity contribution in [3.05, 3.63) is 42.2 Å². The number of para-hydroxylation sites is 1. The first kappa shape index (κ1) is 11.1. The van der Waals surface area contributed by atoms with Gasteiger partial charge in [0, 0.05) is 10.7 Å². The topological polar surface area (TPSA) is 64.8 Å². The number of hydrogen-bond acceptors (Lipinski definition) is 4. The normalized spacial score (nSPS) is 11.6. The number of rotatable bonds is 3. The third-order valence-electron chi connectivity index (χ3n) is 1.95. The first-order valence-corrected chi connectivity index (χ1v) is 6.91. The molecule has 0 aliphatic rings. The van der Waals surface area contributed by atoms with Crippen molar-refractivity contribution >= 4 is 19.7 Å². The molecule has 1 aromatic carbocycles. The first-order valence-electron chi connectivity index (χ1n) is 4.43. The van der Waals surface area contributed by atoms with E-state index in [1.165, 1.54) is 17.2 Å². The summed E-state index contributed by atoms with van der Waals surface area (Å²) >= 11 is 0. The summed E-state index contributed by atoms with van der Waals surface area (Å²) in [6.45, 7) is 0. The van der Waals surface area contributed by atoms with Crippen molar-refractivity contribution in [2.45, 2.75) is 5.75 Å². The molecule has 0 bridgehead atoms. The Morgan fingerprint density at radius 1 is 1.19 bits per heavy atom. The lowest BCUT2D eigenvalue weighted by atomic mass is 10.2. The molecule has 5 nitrogen and oxygen atoms in total. The summed E-state index contributed by atoms with van der Waals surface area (Å²) in [5.74, 6) is -0.244. The third kappa shape index (κ3) is 2.59. The van der Waals surface area contributed by atoms with E-state index in [-0.39, 0.29) is 5.75 Å². The van der Waals surface area contributed by atoms with Gasteiger partial charge in [-0.1, -0.05) is 18.2 Å². The lowest BCUT2D eigenvalue weighted by Gasteiger charge is -2.05. The van der Waals surface area contributed by atoms with Gasteiger partial charge in [-0.15, -0.1) is 0 Å². The summed E-state index contributed by atoms with van der Waals surface area (Å²) in [4.78, 5) is 1.36. The van der Waals surface area contributed by atoms with Gasteiger partial charge >= 0.3 is 0 Å². The Morgan fingerprint density at radius 2 is 1.81 bits per heavy atom. The maximum atomic E-state index is 11.0. The van der Waals surface area contributed by atoms with Crippen molar-refractivity contribution in [1.29, 1.82) is 0 Å². The fraction of sp³-hybridized carbons (Fsp3) is 0.111. The largest absolute Gasteiger partial charge is 0.236 e. The zero-order valence-corrected chi connectivity index (χ0v) is 9.69. The Bertz CT molecular complexity index is 581. The summed E-state index contributed by atoms with van der Waals surface area (Å²) in [5, 5.41) is 7.89. The minimum absolute atomic E-state index is 0.244. The molecule has 0 unspecified atom stereocenters. The SMILES string of the molecule is O=S(=O)(Cl)Cc1ccccc1-n1nccn1. The maximum absolute atomic E-state index is 11.0. The standard InChI is InChI=1S/C9H8ClN3O2S/c10-16(14,15)7-8-3-1-2-4-9(8)13-11-5-6-12-13/h1-6H,7H2. The number of halogens is 1. The highest BCUT2D eigenvalue weighted by atomic mass is 35.7. The molecule has 0 saturated heterocycles. The van der Waals surface area contributed by atoms with E-state index in [0.717, 1.165) is 0 Å². The van der Waals surface area contributed by atoms with Crippen LogP contribution < -0.4 is 0 Å². The van der Waals surface area contributed by atoms with Crippen molar-refractivity contribution < 1.29 is 8.42 Å². The number of aromatic nitrogens is 3. The van der Waals surface area contributed by atoms with Gasteiger partial charge in [-0.3, -0.25) is 0 Å². The Morgan fingerprint density at radius 3 is 2.44 bits per heavy atom. The maximum Gasteiger partial charge on any atom is 0.236 e. The van der Waals surface area contributed by atoms with Gasteiger partial charge in [-0.05, 0) is 11.6 Å². The summed E-state index contributed by atoms with van der Waals surface area (Å²) in [6, 6.07) is 6.93. The second kappa shape index (κ2) is 4.23. The third-order valence-corrected chi connectivity index (χ3v) is 2.94. The summed E-state index contributed by atoms with van der Waals surface area (Å²) in [7, 11) is 1.64. The fourth-order valence-corrected chi connectivity index (χ4v) is 2.32. The van der Waals surface area contributed by atoms with Crippen LogP contribution in [0.4, 0.5) is 0 Å². The van der Waals surface area contributed by atoms with Crippen LogP contribution in [0.1, 0.15) is 5.56 Å². The van der Waals surface area contributed by atoms with Crippen LogP contribution in [-0.2, 0) is 14.8 Å². The number of benzene rings is 1. The van der Waals surface area contributed by atoms with Crippen LogP contribution >= 0.6 is 10.7 Å². The molecule has 84 valence electrons. The Hall–Kier alpha value is -1.40. The van der Waals surface area contributed by atoms with Crippen LogP contribution in [0.2, 0.25) is 0 Å². The minimum atomic E-state index is -3.59.